The van der Waals surface area contributed by atoms with Crippen LogP contribution in [0.25, 0.3) is 0 Å². The van der Waals surface area contributed by atoms with Crippen molar-refractivity contribution in [3.8, 4) is 0 Å². The van der Waals surface area contributed by atoms with Crippen LogP contribution >= 0.6 is 0 Å². The molecule has 1 fully saturated rings. The number of hydrogen-bond acceptors (Lipinski definition) is 2. The van der Waals surface area contributed by atoms with Gasteiger partial charge in [0.1, 0.15) is 0 Å². The van der Waals surface area contributed by atoms with E-state index in [9.17, 15) is 4.79 Å². The van der Waals surface area contributed by atoms with E-state index in [-0.39, 0.29) is 11.9 Å². The van der Waals surface area contributed by atoms with Crippen LogP contribution in [0.4, 0.5) is 0 Å². The van der Waals surface area contributed by atoms with Crippen molar-refractivity contribution < 1.29 is 4.79 Å². The van der Waals surface area contributed by atoms with Crippen molar-refractivity contribution in [1.29, 1.82) is 0 Å². The van der Waals surface area contributed by atoms with Gasteiger partial charge in [-0.25, -0.2) is 0 Å². The summed E-state index contributed by atoms with van der Waals surface area (Å²) in [5.74, 6) is 1.27. The predicted octanol–water partition coefficient (Wildman–Crippen LogP) is 1.23. The fourth-order valence-electron chi connectivity index (χ4n) is 1.69. The summed E-state index contributed by atoms with van der Waals surface area (Å²) in [4.78, 5) is 13.6. The van der Waals surface area contributed by atoms with E-state index in [1.807, 2.05) is 4.90 Å². The van der Waals surface area contributed by atoms with Crippen molar-refractivity contribution in [3.63, 3.8) is 0 Å². The first kappa shape index (κ1) is 11.5. The second-order valence-corrected chi connectivity index (χ2v) is 4.85. The Labute approximate surface area is 86.6 Å². The molecule has 1 aliphatic heterocycles. The van der Waals surface area contributed by atoms with Crippen LogP contribution in [0, 0.1) is 11.8 Å². The van der Waals surface area contributed by atoms with Crippen molar-refractivity contribution in [2.45, 2.75) is 39.7 Å². The second-order valence-electron chi connectivity index (χ2n) is 4.85. The van der Waals surface area contributed by atoms with Crippen LogP contribution in [0.2, 0.25) is 0 Å². The van der Waals surface area contributed by atoms with Gasteiger partial charge in [0.2, 0.25) is 5.91 Å². The maximum atomic E-state index is 11.6. The number of likely N-dealkylation sites (tertiary alicyclic amines) is 1. The van der Waals surface area contributed by atoms with Gasteiger partial charge < -0.3 is 10.6 Å². The number of nitrogens with two attached hydrogens (primary N) is 1. The molecule has 1 saturated heterocycles. The van der Waals surface area contributed by atoms with E-state index in [4.69, 9.17) is 5.73 Å². The molecule has 1 aliphatic rings. The fourth-order valence-corrected chi connectivity index (χ4v) is 1.69. The van der Waals surface area contributed by atoms with Gasteiger partial charge in [0.15, 0.2) is 0 Å². The molecular weight excluding hydrogens is 176 g/mol. The average Bonchev–Trinajstić information content (AvgIpc) is 2.09. The van der Waals surface area contributed by atoms with Gasteiger partial charge in [0.05, 0.1) is 0 Å². The van der Waals surface area contributed by atoms with E-state index in [1.165, 1.54) is 0 Å². The van der Waals surface area contributed by atoms with Gasteiger partial charge in [-0.05, 0) is 18.3 Å². The van der Waals surface area contributed by atoms with Crippen LogP contribution in [0.5, 0.6) is 0 Å². The lowest BCUT2D eigenvalue weighted by atomic mass is 9.97. The minimum absolute atomic E-state index is 0.118. The third-order valence-corrected chi connectivity index (χ3v) is 3.06. The van der Waals surface area contributed by atoms with Crippen LogP contribution in [0.3, 0.4) is 0 Å². The highest BCUT2D eigenvalue weighted by molar-refractivity contribution is 5.77. The zero-order valence-electron chi connectivity index (χ0n) is 9.49. The molecule has 0 spiro atoms. The van der Waals surface area contributed by atoms with Crippen LogP contribution in [-0.2, 0) is 4.79 Å². The Morgan fingerprint density at radius 2 is 2.21 bits per heavy atom. The third-order valence-electron chi connectivity index (χ3n) is 3.06. The molecule has 0 aromatic heterocycles. The molecule has 0 radical (unpaired) electrons. The average molecular weight is 198 g/mol. The maximum Gasteiger partial charge on any atom is 0.222 e. The maximum absolute atomic E-state index is 11.6. The standard InChI is InChI=1S/C11H22N2O/c1-8(2)10(12)7-13-5-4-9(3)6-11(13)14/h8-10H,4-7,12H2,1-3H3. The van der Waals surface area contributed by atoms with Gasteiger partial charge >= 0.3 is 0 Å². The molecule has 1 rings (SSSR count). The summed E-state index contributed by atoms with van der Waals surface area (Å²) in [5, 5.41) is 0. The predicted molar refractivity (Wildman–Crippen MR) is 57.8 cm³/mol. The topological polar surface area (TPSA) is 46.3 Å². The molecule has 0 aromatic rings. The number of rotatable bonds is 3. The normalized spacial score (nSPS) is 25.6. The highest BCUT2D eigenvalue weighted by Gasteiger charge is 2.24. The first-order valence-corrected chi connectivity index (χ1v) is 5.54. The number of piperidine rings is 1. The van der Waals surface area contributed by atoms with E-state index in [2.05, 4.69) is 20.8 Å². The minimum atomic E-state index is 0.118. The summed E-state index contributed by atoms with van der Waals surface area (Å²) in [7, 11) is 0. The van der Waals surface area contributed by atoms with E-state index >= 15 is 0 Å². The Hall–Kier alpha value is -0.570. The Morgan fingerprint density at radius 1 is 1.57 bits per heavy atom. The van der Waals surface area contributed by atoms with E-state index in [0.717, 1.165) is 19.5 Å². The van der Waals surface area contributed by atoms with E-state index in [0.29, 0.717) is 18.3 Å². The monoisotopic (exact) mass is 198 g/mol. The van der Waals surface area contributed by atoms with Gasteiger partial charge in [-0.1, -0.05) is 20.8 Å². The molecule has 0 aromatic carbocycles. The Kier molecular flexibility index (Phi) is 3.93. The van der Waals surface area contributed by atoms with Gasteiger partial charge in [-0.3, -0.25) is 4.79 Å². The number of amides is 1. The number of nitrogens with zero attached hydrogens (tertiary/aromatic N) is 1. The minimum Gasteiger partial charge on any atom is -0.341 e. The van der Waals surface area contributed by atoms with E-state index in [1.54, 1.807) is 0 Å². The zero-order chi connectivity index (χ0) is 10.7. The summed E-state index contributed by atoms with van der Waals surface area (Å²) in [6.07, 6.45) is 1.82. The molecule has 2 N–H and O–H groups in total. The molecule has 3 nitrogen and oxygen atoms in total. The van der Waals surface area contributed by atoms with Gasteiger partial charge in [0.25, 0.3) is 0 Å². The summed E-state index contributed by atoms with van der Waals surface area (Å²) >= 11 is 0. The lowest BCUT2D eigenvalue weighted by Gasteiger charge is -2.33. The summed E-state index contributed by atoms with van der Waals surface area (Å²) in [6, 6.07) is 0.118. The molecule has 14 heavy (non-hydrogen) atoms. The summed E-state index contributed by atoms with van der Waals surface area (Å²) < 4.78 is 0. The number of carbonyl (C=O) groups is 1. The molecule has 2 unspecified atom stereocenters. The van der Waals surface area contributed by atoms with Crippen LogP contribution in [0.1, 0.15) is 33.6 Å². The molecule has 0 aliphatic carbocycles. The molecule has 1 amide bonds. The van der Waals surface area contributed by atoms with Crippen molar-refractivity contribution in [2.75, 3.05) is 13.1 Å². The van der Waals surface area contributed by atoms with Crippen molar-refractivity contribution >= 4 is 5.91 Å². The smallest absolute Gasteiger partial charge is 0.222 e. The first-order valence-electron chi connectivity index (χ1n) is 5.54. The Bertz CT molecular complexity index is 203. The van der Waals surface area contributed by atoms with Crippen LogP contribution in [-0.4, -0.2) is 29.9 Å². The molecule has 3 heteroatoms. The molecular formula is C11H22N2O. The van der Waals surface area contributed by atoms with Gasteiger partial charge in [0, 0.05) is 25.6 Å². The molecule has 1 heterocycles. The highest BCUT2D eigenvalue weighted by Crippen LogP contribution is 2.17. The third kappa shape index (κ3) is 2.98. The van der Waals surface area contributed by atoms with Crippen molar-refractivity contribution in [3.05, 3.63) is 0 Å². The van der Waals surface area contributed by atoms with Crippen molar-refractivity contribution in [1.82, 2.24) is 4.90 Å². The Balaban J connectivity index is 2.41. The number of carbonyl (C=O) groups excluding carboxylic acids is 1. The lowest BCUT2D eigenvalue weighted by molar-refractivity contribution is -0.135. The zero-order valence-corrected chi connectivity index (χ0v) is 9.49. The highest BCUT2D eigenvalue weighted by atomic mass is 16.2. The lowest BCUT2D eigenvalue weighted by Crippen LogP contribution is -2.46. The molecule has 2 atom stereocenters. The Morgan fingerprint density at radius 3 is 2.71 bits per heavy atom. The van der Waals surface area contributed by atoms with Crippen LogP contribution in [0.15, 0.2) is 0 Å². The molecule has 0 bridgehead atoms. The van der Waals surface area contributed by atoms with Gasteiger partial charge in [-0.15, -0.1) is 0 Å². The van der Waals surface area contributed by atoms with Crippen LogP contribution < -0.4 is 5.73 Å². The summed E-state index contributed by atoms with van der Waals surface area (Å²) in [6.45, 7) is 7.95. The summed E-state index contributed by atoms with van der Waals surface area (Å²) in [5.41, 5.74) is 5.95. The largest absolute Gasteiger partial charge is 0.341 e. The van der Waals surface area contributed by atoms with Crippen molar-refractivity contribution in [2.24, 2.45) is 17.6 Å². The van der Waals surface area contributed by atoms with Gasteiger partial charge in [-0.2, -0.15) is 0 Å². The molecule has 82 valence electrons. The SMILES string of the molecule is CC1CCN(CC(N)C(C)C)C(=O)C1. The second kappa shape index (κ2) is 4.78. The molecule has 0 saturated carbocycles. The number of hydrogen-bond donors (Lipinski definition) is 1. The quantitative estimate of drug-likeness (QED) is 0.741. The van der Waals surface area contributed by atoms with E-state index < -0.39 is 0 Å². The first-order chi connectivity index (χ1) is 6.50. The fraction of sp³-hybridized carbons (Fsp3) is 0.909.